The Morgan fingerprint density at radius 3 is 3.00 bits per heavy atom. The van der Waals surface area contributed by atoms with Gasteiger partial charge < -0.3 is 10.6 Å². The van der Waals surface area contributed by atoms with Crippen molar-refractivity contribution in [1.82, 2.24) is 4.98 Å². The molecule has 4 heteroatoms. The minimum atomic E-state index is 0.102. The smallest absolute Gasteiger partial charge is 0.231 e. The zero-order valence-electron chi connectivity index (χ0n) is 10.8. The fourth-order valence-corrected chi connectivity index (χ4v) is 2.41. The molecule has 1 aliphatic heterocycles. The highest BCUT2D eigenvalue weighted by Gasteiger charge is 2.27. The fourth-order valence-electron chi connectivity index (χ4n) is 2.41. The summed E-state index contributed by atoms with van der Waals surface area (Å²) < 4.78 is 0. The number of carbonyl (C=O) groups excluding carboxylic acids is 1. The molecule has 2 aromatic rings. The molecule has 96 valence electrons. The van der Waals surface area contributed by atoms with Crippen LogP contribution in [-0.4, -0.2) is 10.9 Å². The lowest BCUT2D eigenvalue weighted by Crippen LogP contribution is -2.26. The predicted molar refractivity (Wildman–Crippen MR) is 74.7 cm³/mol. The van der Waals surface area contributed by atoms with Gasteiger partial charge in [0.2, 0.25) is 5.91 Å². The molecule has 1 aromatic carbocycles. The number of amides is 1. The first-order chi connectivity index (χ1) is 9.15. The quantitative estimate of drug-likeness (QED) is 0.833. The van der Waals surface area contributed by atoms with E-state index < -0.39 is 0 Å². The molecule has 19 heavy (non-hydrogen) atoms. The van der Waals surface area contributed by atoms with Crippen LogP contribution in [0.15, 0.2) is 36.5 Å². The summed E-state index contributed by atoms with van der Waals surface area (Å²) in [6.45, 7) is 2.52. The van der Waals surface area contributed by atoms with Gasteiger partial charge in [0.15, 0.2) is 0 Å². The van der Waals surface area contributed by atoms with Gasteiger partial charge in [0.1, 0.15) is 0 Å². The van der Waals surface area contributed by atoms with Crippen LogP contribution in [-0.2, 0) is 17.8 Å². The van der Waals surface area contributed by atoms with Crippen molar-refractivity contribution in [3.63, 3.8) is 0 Å². The van der Waals surface area contributed by atoms with Crippen molar-refractivity contribution in [2.24, 2.45) is 0 Å². The highest BCUT2D eigenvalue weighted by molar-refractivity contribution is 6.01. The number of aryl methyl sites for hydroxylation is 1. The number of pyridine rings is 1. The maximum atomic E-state index is 12.1. The number of hydrogen-bond acceptors (Lipinski definition) is 3. The topological polar surface area (TPSA) is 59.2 Å². The number of hydrogen-bond donors (Lipinski definition) is 1. The van der Waals surface area contributed by atoms with Crippen molar-refractivity contribution in [2.45, 2.75) is 19.9 Å². The normalized spacial score (nSPS) is 13.7. The molecule has 0 saturated heterocycles. The van der Waals surface area contributed by atoms with E-state index in [0.29, 0.717) is 18.7 Å². The van der Waals surface area contributed by atoms with Crippen LogP contribution in [0.1, 0.15) is 16.8 Å². The molecule has 2 N–H and O–H groups in total. The van der Waals surface area contributed by atoms with Gasteiger partial charge in [-0.3, -0.25) is 9.78 Å². The maximum absolute atomic E-state index is 12.1. The minimum Gasteiger partial charge on any atom is -0.399 e. The van der Waals surface area contributed by atoms with Crippen molar-refractivity contribution < 1.29 is 4.79 Å². The number of fused-ring (bicyclic) bond motifs is 1. The molecular weight excluding hydrogens is 238 g/mol. The third-order valence-electron chi connectivity index (χ3n) is 3.46. The second-order valence-corrected chi connectivity index (χ2v) is 4.81. The second-order valence-electron chi connectivity index (χ2n) is 4.81. The van der Waals surface area contributed by atoms with Crippen LogP contribution in [0.2, 0.25) is 0 Å². The maximum Gasteiger partial charge on any atom is 0.231 e. The number of rotatable bonds is 2. The lowest BCUT2D eigenvalue weighted by atomic mass is 10.1. The zero-order chi connectivity index (χ0) is 13.4. The SMILES string of the molecule is Cc1cccnc1CN1C(=O)Cc2cc(N)ccc21. The van der Waals surface area contributed by atoms with Gasteiger partial charge in [-0.1, -0.05) is 6.07 Å². The summed E-state index contributed by atoms with van der Waals surface area (Å²) in [6, 6.07) is 9.52. The van der Waals surface area contributed by atoms with Crippen LogP contribution in [0, 0.1) is 6.92 Å². The third kappa shape index (κ3) is 2.05. The summed E-state index contributed by atoms with van der Waals surface area (Å²) in [6.07, 6.45) is 2.18. The number of benzene rings is 1. The summed E-state index contributed by atoms with van der Waals surface area (Å²) in [7, 11) is 0. The van der Waals surface area contributed by atoms with Gasteiger partial charge >= 0.3 is 0 Å². The van der Waals surface area contributed by atoms with E-state index in [1.165, 1.54) is 0 Å². The Hall–Kier alpha value is -2.36. The van der Waals surface area contributed by atoms with Crippen molar-refractivity contribution in [3.05, 3.63) is 53.3 Å². The second kappa shape index (κ2) is 4.39. The number of anilines is 2. The standard InChI is InChI=1S/C15H15N3O/c1-10-3-2-6-17-13(10)9-18-14-5-4-12(16)7-11(14)8-15(18)19/h2-7H,8-9,16H2,1H3. The van der Waals surface area contributed by atoms with E-state index in [0.717, 1.165) is 22.5 Å². The van der Waals surface area contributed by atoms with E-state index in [2.05, 4.69) is 4.98 Å². The van der Waals surface area contributed by atoms with Gasteiger partial charge in [0, 0.05) is 17.6 Å². The van der Waals surface area contributed by atoms with Crippen LogP contribution < -0.4 is 10.6 Å². The van der Waals surface area contributed by atoms with Gasteiger partial charge in [-0.15, -0.1) is 0 Å². The number of nitrogens with two attached hydrogens (primary N) is 1. The molecule has 0 unspecified atom stereocenters. The molecule has 1 aliphatic rings. The molecule has 0 atom stereocenters. The number of nitrogens with zero attached hydrogens (tertiary/aromatic N) is 2. The van der Waals surface area contributed by atoms with E-state index in [9.17, 15) is 4.79 Å². The summed E-state index contributed by atoms with van der Waals surface area (Å²) in [5.41, 5.74) is 10.4. The molecule has 0 radical (unpaired) electrons. The highest BCUT2D eigenvalue weighted by Crippen LogP contribution is 2.31. The number of aromatic nitrogens is 1. The minimum absolute atomic E-state index is 0.102. The average molecular weight is 253 g/mol. The van der Waals surface area contributed by atoms with Crippen LogP contribution >= 0.6 is 0 Å². The Bertz CT molecular complexity index is 652. The summed E-state index contributed by atoms with van der Waals surface area (Å²) in [5, 5.41) is 0. The van der Waals surface area contributed by atoms with Gasteiger partial charge in [0.25, 0.3) is 0 Å². The summed E-state index contributed by atoms with van der Waals surface area (Å²) in [5.74, 6) is 0.102. The highest BCUT2D eigenvalue weighted by atomic mass is 16.2. The van der Waals surface area contributed by atoms with E-state index in [1.807, 2.05) is 37.3 Å². The zero-order valence-corrected chi connectivity index (χ0v) is 10.8. The van der Waals surface area contributed by atoms with Crippen LogP contribution in [0.25, 0.3) is 0 Å². The van der Waals surface area contributed by atoms with Crippen molar-refractivity contribution in [2.75, 3.05) is 10.6 Å². The lowest BCUT2D eigenvalue weighted by molar-refractivity contribution is -0.117. The molecule has 2 heterocycles. The Morgan fingerprint density at radius 1 is 1.37 bits per heavy atom. The molecule has 0 aliphatic carbocycles. The Kier molecular flexibility index (Phi) is 2.71. The lowest BCUT2D eigenvalue weighted by Gasteiger charge is -2.18. The molecule has 1 aromatic heterocycles. The van der Waals surface area contributed by atoms with Crippen molar-refractivity contribution in [1.29, 1.82) is 0 Å². The Balaban J connectivity index is 1.95. The molecule has 0 saturated carbocycles. The summed E-state index contributed by atoms with van der Waals surface area (Å²) >= 11 is 0. The van der Waals surface area contributed by atoms with Gasteiger partial charge in [0.05, 0.1) is 18.7 Å². The molecule has 0 fully saturated rings. The molecular formula is C15H15N3O. The van der Waals surface area contributed by atoms with E-state index in [1.54, 1.807) is 11.1 Å². The van der Waals surface area contributed by atoms with Gasteiger partial charge in [-0.25, -0.2) is 0 Å². The largest absolute Gasteiger partial charge is 0.399 e. The molecule has 1 amide bonds. The van der Waals surface area contributed by atoms with Crippen LogP contribution in [0.4, 0.5) is 11.4 Å². The average Bonchev–Trinajstić information content (AvgIpc) is 2.68. The monoisotopic (exact) mass is 253 g/mol. The Morgan fingerprint density at radius 2 is 2.21 bits per heavy atom. The van der Waals surface area contributed by atoms with Crippen LogP contribution in [0.3, 0.4) is 0 Å². The Labute approximate surface area is 111 Å². The predicted octanol–water partition coefficient (Wildman–Crippen LogP) is 2.06. The molecule has 4 nitrogen and oxygen atoms in total. The fraction of sp³-hybridized carbons (Fsp3) is 0.200. The molecule has 0 bridgehead atoms. The first kappa shape index (κ1) is 11.7. The van der Waals surface area contributed by atoms with Crippen LogP contribution in [0.5, 0.6) is 0 Å². The van der Waals surface area contributed by atoms with Crippen molar-refractivity contribution in [3.8, 4) is 0 Å². The molecule has 3 rings (SSSR count). The number of carbonyl (C=O) groups is 1. The van der Waals surface area contributed by atoms with E-state index in [-0.39, 0.29) is 5.91 Å². The first-order valence-corrected chi connectivity index (χ1v) is 6.24. The molecule has 0 spiro atoms. The number of nitrogen functional groups attached to an aromatic ring is 1. The summed E-state index contributed by atoms with van der Waals surface area (Å²) in [4.78, 5) is 18.2. The van der Waals surface area contributed by atoms with Gasteiger partial charge in [-0.05, 0) is 42.3 Å². The van der Waals surface area contributed by atoms with Crippen molar-refractivity contribution >= 4 is 17.3 Å². The first-order valence-electron chi connectivity index (χ1n) is 6.24. The van der Waals surface area contributed by atoms with E-state index in [4.69, 9.17) is 5.73 Å². The van der Waals surface area contributed by atoms with E-state index >= 15 is 0 Å². The van der Waals surface area contributed by atoms with Gasteiger partial charge in [-0.2, -0.15) is 0 Å². The third-order valence-corrected chi connectivity index (χ3v) is 3.46.